The quantitative estimate of drug-likeness (QED) is 0.666. The molecule has 0 bridgehead atoms. The van der Waals surface area contributed by atoms with E-state index < -0.39 is 0 Å². The summed E-state index contributed by atoms with van der Waals surface area (Å²) in [7, 11) is 0. The number of aromatic nitrogens is 1. The highest BCUT2D eigenvalue weighted by Crippen LogP contribution is 2.15. The maximum absolute atomic E-state index is 10.8. The maximum atomic E-state index is 10.8. The van der Waals surface area contributed by atoms with Crippen LogP contribution in [0.25, 0.3) is 6.08 Å². The van der Waals surface area contributed by atoms with Crippen LogP contribution in [0.1, 0.15) is 18.4 Å². The molecule has 0 N–H and O–H groups in total. The van der Waals surface area contributed by atoms with Crippen molar-refractivity contribution in [2.75, 3.05) is 0 Å². The van der Waals surface area contributed by atoms with Crippen molar-refractivity contribution in [3.8, 4) is 0 Å². The Labute approximate surface area is 82.4 Å². The maximum Gasteiger partial charge on any atom is 0.306 e. The molecule has 0 aromatic carbocycles. The first-order chi connectivity index (χ1) is 6.84. The predicted octanol–water partition coefficient (Wildman–Crippen LogP) is 1.80. The first-order valence-corrected chi connectivity index (χ1v) is 4.62. The number of hydrogen-bond acceptors (Lipinski definition) is 3. The number of esters is 1. The van der Waals surface area contributed by atoms with Crippen molar-refractivity contribution in [2.24, 2.45) is 0 Å². The van der Waals surface area contributed by atoms with Gasteiger partial charge in [-0.2, -0.15) is 0 Å². The van der Waals surface area contributed by atoms with Crippen molar-refractivity contribution in [1.82, 2.24) is 4.98 Å². The lowest BCUT2D eigenvalue weighted by molar-refractivity contribution is -0.139. The molecular weight excluding hydrogens is 178 g/mol. The summed E-state index contributed by atoms with van der Waals surface area (Å²) in [6.45, 7) is 0. The zero-order valence-electron chi connectivity index (χ0n) is 7.72. The molecule has 1 saturated heterocycles. The molecule has 1 aromatic heterocycles. The van der Waals surface area contributed by atoms with E-state index in [-0.39, 0.29) is 12.1 Å². The second-order valence-corrected chi connectivity index (χ2v) is 3.21. The third-order valence-electron chi connectivity index (χ3n) is 2.10. The lowest BCUT2D eigenvalue weighted by Gasteiger charge is -2.01. The van der Waals surface area contributed by atoms with Crippen molar-refractivity contribution in [2.45, 2.75) is 18.9 Å². The Morgan fingerprint density at radius 3 is 3.14 bits per heavy atom. The lowest BCUT2D eigenvalue weighted by Crippen LogP contribution is -2.01. The van der Waals surface area contributed by atoms with Gasteiger partial charge in [-0.1, -0.05) is 12.1 Å². The molecule has 1 atom stereocenters. The van der Waals surface area contributed by atoms with E-state index in [0.29, 0.717) is 6.42 Å². The van der Waals surface area contributed by atoms with Crippen LogP contribution in [0.4, 0.5) is 0 Å². The number of ether oxygens (including phenoxy) is 1. The summed E-state index contributed by atoms with van der Waals surface area (Å²) in [4.78, 5) is 14.8. The Kier molecular flexibility index (Phi) is 2.58. The van der Waals surface area contributed by atoms with E-state index in [1.807, 2.05) is 24.3 Å². The van der Waals surface area contributed by atoms with Crippen LogP contribution in [-0.2, 0) is 9.53 Å². The second-order valence-electron chi connectivity index (χ2n) is 3.21. The van der Waals surface area contributed by atoms with E-state index in [1.165, 1.54) is 0 Å². The molecule has 2 rings (SSSR count). The summed E-state index contributed by atoms with van der Waals surface area (Å²) in [5, 5.41) is 0. The van der Waals surface area contributed by atoms with Gasteiger partial charge in [-0.15, -0.1) is 0 Å². The summed E-state index contributed by atoms with van der Waals surface area (Å²) in [6.07, 6.45) is 8.60. The number of carbonyl (C=O) groups is 1. The molecule has 1 aliphatic rings. The van der Waals surface area contributed by atoms with Crippen molar-refractivity contribution in [3.05, 3.63) is 36.2 Å². The normalized spacial score (nSPS) is 21.4. The van der Waals surface area contributed by atoms with E-state index in [0.717, 1.165) is 12.0 Å². The van der Waals surface area contributed by atoms with Gasteiger partial charge in [0.05, 0.1) is 0 Å². The lowest BCUT2D eigenvalue weighted by atomic mass is 10.2. The average Bonchev–Trinajstić information content (AvgIpc) is 2.63. The summed E-state index contributed by atoms with van der Waals surface area (Å²) in [5.41, 5.74) is 1.02. The van der Waals surface area contributed by atoms with Gasteiger partial charge < -0.3 is 4.74 Å². The Bertz CT molecular complexity index is 346. The van der Waals surface area contributed by atoms with Gasteiger partial charge in [-0.25, -0.2) is 0 Å². The van der Waals surface area contributed by atoms with Crippen LogP contribution in [0, 0.1) is 0 Å². The van der Waals surface area contributed by atoms with Gasteiger partial charge >= 0.3 is 5.97 Å². The molecule has 1 unspecified atom stereocenters. The molecule has 1 fully saturated rings. The Hall–Kier alpha value is -1.64. The molecule has 0 saturated carbocycles. The van der Waals surface area contributed by atoms with Gasteiger partial charge in [0.1, 0.15) is 6.10 Å². The molecule has 3 nitrogen and oxygen atoms in total. The molecule has 0 amide bonds. The minimum absolute atomic E-state index is 0.0530. The van der Waals surface area contributed by atoms with Crippen LogP contribution in [0.3, 0.4) is 0 Å². The predicted molar refractivity (Wildman–Crippen MR) is 52.4 cm³/mol. The molecule has 0 spiro atoms. The number of carbonyl (C=O) groups excluding carboxylic acids is 1. The van der Waals surface area contributed by atoms with Gasteiger partial charge in [0.15, 0.2) is 0 Å². The molecule has 14 heavy (non-hydrogen) atoms. The molecule has 3 heteroatoms. The third kappa shape index (κ3) is 2.19. The van der Waals surface area contributed by atoms with Crippen molar-refractivity contribution < 1.29 is 9.53 Å². The second kappa shape index (κ2) is 4.05. The van der Waals surface area contributed by atoms with Gasteiger partial charge in [0, 0.05) is 18.8 Å². The summed E-state index contributed by atoms with van der Waals surface area (Å²) in [6, 6.07) is 3.83. The van der Waals surface area contributed by atoms with Crippen molar-refractivity contribution >= 4 is 12.0 Å². The van der Waals surface area contributed by atoms with E-state index in [2.05, 4.69) is 4.98 Å². The van der Waals surface area contributed by atoms with Crippen LogP contribution >= 0.6 is 0 Å². The highest BCUT2D eigenvalue weighted by Gasteiger charge is 2.20. The fourth-order valence-corrected chi connectivity index (χ4v) is 1.38. The van der Waals surface area contributed by atoms with E-state index in [9.17, 15) is 4.79 Å². The summed E-state index contributed by atoms with van der Waals surface area (Å²) in [5.74, 6) is -0.106. The third-order valence-corrected chi connectivity index (χ3v) is 2.10. The van der Waals surface area contributed by atoms with Gasteiger partial charge in [-0.05, 0) is 24.1 Å². The molecule has 0 aliphatic carbocycles. The first kappa shape index (κ1) is 8.94. The van der Waals surface area contributed by atoms with Crippen LogP contribution in [0.2, 0.25) is 0 Å². The summed E-state index contributed by atoms with van der Waals surface area (Å²) >= 11 is 0. The number of nitrogens with zero attached hydrogens (tertiary/aromatic N) is 1. The first-order valence-electron chi connectivity index (χ1n) is 4.62. The molecular formula is C11H11NO2. The number of rotatable bonds is 2. The minimum atomic E-state index is -0.106. The van der Waals surface area contributed by atoms with Crippen LogP contribution in [-0.4, -0.2) is 17.1 Å². The van der Waals surface area contributed by atoms with E-state index >= 15 is 0 Å². The van der Waals surface area contributed by atoms with Crippen LogP contribution < -0.4 is 0 Å². The largest absolute Gasteiger partial charge is 0.458 e. The minimum Gasteiger partial charge on any atom is -0.458 e. The number of cyclic esters (lactones) is 1. The van der Waals surface area contributed by atoms with Gasteiger partial charge in [-0.3, -0.25) is 9.78 Å². The SMILES string of the molecule is O=C1CCC(/C=C/c2cccnc2)O1. The molecule has 2 heterocycles. The average molecular weight is 189 g/mol. The number of hydrogen-bond donors (Lipinski definition) is 0. The molecule has 0 radical (unpaired) electrons. The van der Waals surface area contributed by atoms with Crippen LogP contribution in [0.15, 0.2) is 30.6 Å². The Morgan fingerprint density at radius 1 is 1.57 bits per heavy atom. The Balaban J connectivity index is 1.97. The summed E-state index contributed by atoms with van der Waals surface area (Å²) < 4.78 is 5.04. The Morgan fingerprint density at radius 2 is 2.50 bits per heavy atom. The monoisotopic (exact) mass is 189 g/mol. The highest BCUT2D eigenvalue weighted by molar-refractivity contribution is 5.72. The van der Waals surface area contributed by atoms with Crippen molar-refractivity contribution in [1.29, 1.82) is 0 Å². The fraction of sp³-hybridized carbons (Fsp3) is 0.273. The number of pyridine rings is 1. The molecule has 1 aromatic rings. The van der Waals surface area contributed by atoms with Gasteiger partial charge in [0.2, 0.25) is 0 Å². The zero-order valence-corrected chi connectivity index (χ0v) is 7.72. The van der Waals surface area contributed by atoms with Crippen LogP contribution in [0.5, 0.6) is 0 Å². The van der Waals surface area contributed by atoms with E-state index in [4.69, 9.17) is 4.74 Å². The smallest absolute Gasteiger partial charge is 0.306 e. The zero-order chi connectivity index (χ0) is 9.80. The van der Waals surface area contributed by atoms with Gasteiger partial charge in [0.25, 0.3) is 0 Å². The topological polar surface area (TPSA) is 39.2 Å². The highest BCUT2D eigenvalue weighted by atomic mass is 16.5. The fourth-order valence-electron chi connectivity index (χ4n) is 1.38. The van der Waals surface area contributed by atoms with E-state index in [1.54, 1.807) is 12.4 Å². The molecule has 1 aliphatic heterocycles. The standard InChI is InChI=1S/C11H11NO2/c13-11-6-5-10(14-11)4-3-9-2-1-7-12-8-9/h1-4,7-8,10H,5-6H2/b4-3+. The molecule has 72 valence electrons. The van der Waals surface area contributed by atoms with Crippen molar-refractivity contribution in [3.63, 3.8) is 0 Å².